The van der Waals surface area contributed by atoms with E-state index in [9.17, 15) is 0 Å². The number of nitrogens with one attached hydrogen (secondary N) is 1. The van der Waals surface area contributed by atoms with E-state index in [0.717, 1.165) is 18.6 Å². The molecule has 0 aliphatic rings. The molecule has 0 aromatic carbocycles. The first-order chi connectivity index (χ1) is 6.52. The molecule has 0 saturated carbocycles. The molecule has 14 heavy (non-hydrogen) atoms. The van der Waals surface area contributed by atoms with Crippen LogP contribution in [0.4, 0.5) is 0 Å². The molecule has 0 unspecified atom stereocenters. The Morgan fingerprint density at radius 2 is 2.07 bits per heavy atom. The Morgan fingerprint density at radius 1 is 1.50 bits per heavy atom. The van der Waals surface area contributed by atoms with Gasteiger partial charge in [-0.3, -0.25) is 0 Å². The highest BCUT2D eigenvalue weighted by atomic mass is 14.9. The molecule has 0 spiro atoms. The van der Waals surface area contributed by atoms with Gasteiger partial charge in [-0.2, -0.15) is 0 Å². The van der Waals surface area contributed by atoms with E-state index in [-0.39, 0.29) is 5.82 Å². The Labute approximate surface area is 84.9 Å². The van der Waals surface area contributed by atoms with Crippen molar-refractivity contribution in [2.45, 2.75) is 26.7 Å². The van der Waals surface area contributed by atoms with Crippen LogP contribution in [0.1, 0.15) is 26.7 Å². The molecule has 0 bridgehead atoms. The van der Waals surface area contributed by atoms with Crippen LogP contribution in [0.5, 0.6) is 0 Å². The first-order valence-electron chi connectivity index (χ1n) is 4.52. The fraction of sp³-hybridized carbons (Fsp3) is 0.400. The zero-order chi connectivity index (χ0) is 11.1. The highest BCUT2D eigenvalue weighted by Crippen LogP contribution is 2.07. The third kappa shape index (κ3) is 3.89. The summed E-state index contributed by atoms with van der Waals surface area (Å²) >= 11 is 0. The van der Waals surface area contributed by atoms with Crippen molar-refractivity contribution in [3.05, 3.63) is 23.7 Å². The lowest BCUT2D eigenvalue weighted by Crippen LogP contribution is -2.12. The van der Waals surface area contributed by atoms with Crippen molar-refractivity contribution in [2.75, 3.05) is 0 Å². The minimum Gasteiger partial charge on any atom is -0.402 e. The first-order valence-corrected chi connectivity index (χ1v) is 4.52. The average Bonchev–Trinajstić information content (AvgIpc) is 2.03. The lowest BCUT2D eigenvalue weighted by Gasteiger charge is -2.07. The molecule has 0 saturated heterocycles. The van der Waals surface area contributed by atoms with Crippen molar-refractivity contribution in [1.82, 2.24) is 0 Å². The highest BCUT2D eigenvalue weighted by molar-refractivity contribution is 6.16. The molecule has 0 aromatic rings. The lowest BCUT2D eigenvalue weighted by atomic mass is 10.1. The van der Waals surface area contributed by atoms with Crippen LogP contribution in [0.25, 0.3) is 0 Å². The van der Waals surface area contributed by atoms with Gasteiger partial charge in [0.05, 0.1) is 5.71 Å². The van der Waals surface area contributed by atoms with Gasteiger partial charge in [0, 0.05) is 17.5 Å². The average molecular weight is 194 g/mol. The van der Waals surface area contributed by atoms with Crippen molar-refractivity contribution >= 4 is 11.9 Å². The van der Waals surface area contributed by atoms with E-state index < -0.39 is 0 Å². The molecule has 0 heterocycles. The second kappa shape index (κ2) is 5.96. The second-order valence-electron chi connectivity index (χ2n) is 3.04. The number of hydrogen-bond donors (Lipinski definition) is 3. The summed E-state index contributed by atoms with van der Waals surface area (Å²) in [5, 5.41) is 7.23. The fourth-order valence-electron chi connectivity index (χ4n) is 1.09. The van der Waals surface area contributed by atoms with Crippen LogP contribution in [-0.2, 0) is 0 Å². The molecular weight excluding hydrogens is 176 g/mol. The minimum atomic E-state index is 0.244. The molecule has 0 aliphatic carbocycles. The zero-order valence-electron chi connectivity index (χ0n) is 8.80. The molecule has 0 aromatic heterocycles. The van der Waals surface area contributed by atoms with Crippen molar-refractivity contribution in [2.24, 2.45) is 16.5 Å². The van der Waals surface area contributed by atoms with Crippen molar-refractivity contribution in [3.63, 3.8) is 0 Å². The number of rotatable bonds is 5. The molecule has 4 heteroatoms. The van der Waals surface area contributed by atoms with E-state index in [1.54, 1.807) is 6.92 Å². The summed E-state index contributed by atoms with van der Waals surface area (Å²) in [5.74, 6) is 0.244. The fourth-order valence-corrected chi connectivity index (χ4v) is 1.09. The monoisotopic (exact) mass is 194 g/mol. The summed E-state index contributed by atoms with van der Waals surface area (Å²) < 4.78 is 0. The third-order valence-corrected chi connectivity index (χ3v) is 1.65. The van der Waals surface area contributed by atoms with E-state index in [1.807, 2.05) is 6.92 Å². The number of aliphatic imine (C=N–C) groups is 1. The quantitative estimate of drug-likeness (QED) is 0.579. The van der Waals surface area contributed by atoms with Crippen LogP contribution in [0.2, 0.25) is 0 Å². The molecular formula is C10H18N4. The Morgan fingerprint density at radius 3 is 2.36 bits per heavy atom. The van der Waals surface area contributed by atoms with Crippen molar-refractivity contribution in [3.8, 4) is 0 Å². The van der Waals surface area contributed by atoms with Crippen LogP contribution < -0.4 is 11.5 Å². The lowest BCUT2D eigenvalue weighted by molar-refractivity contribution is 0.986. The highest BCUT2D eigenvalue weighted by Gasteiger charge is 2.06. The van der Waals surface area contributed by atoms with Crippen LogP contribution in [0.15, 0.2) is 28.7 Å². The molecule has 0 atom stereocenters. The maximum atomic E-state index is 7.23. The van der Waals surface area contributed by atoms with Gasteiger partial charge in [-0.15, -0.1) is 0 Å². The zero-order valence-corrected chi connectivity index (χ0v) is 8.80. The third-order valence-electron chi connectivity index (χ3n) is 1.65. The summed E-state index contributed by atoms with van der Waals surface area (Å²) in [6.07, 6.45) is 2.87. The SMILES string of the molecule is C=C(N)N=C(CCC)/C(C=N)=C(/C)N. The summed E-state index contributed by atoms with van der Waals surface area (Å²) in [6, 6.07) is 0. The van der Waals surface area contributed by atoms with Gasteiger partial charge in [0.25, 0.3) is 0 Å². The molecule has 0 rings (SSSR count). The predicted octanol–water partition coefficient (Wildman–Crippen LogP) is 1.54. The van der Waals surface area contributed by atoms with Crippen molar-refractivity contribution in [1.29, 1.82) is 5.41 Å². The van der Waals surface area contributed by atoms with Crippen molar-refractivity contribution < 1.29 is 0 Å². The molecule has 0 aliphatic heterocycles. The standard InChI is InChI=1S/C10H18N4/c1-4-5-10(14-8(3)13)9(6-11)7(2)12/h6,11H,3-5,12-13H2,1-2H3/b9-7-,11-6?,14-10?. The molecule has 0 radical (unpaired) electrons. The number of nitrogens with two attached hydrogens (primary N) is 2. The van der Waals surface area contributed by atoms with E-state index >= 15 is 0 Å². The number of nitrogens with zero attached hydrogens (tertiary/aromatic N) is 1. The van der Waals surface area contributed by atoms with E-state index in [0.29, 0.717) is 11.3 Å². The Balaban J connectivity index is 5.09. The van der Waals surface area contributed by atoms with Crippen LogP contribution in [-0.4, -0.2) is 11.9 Å². The maximum Gasteiger partial charge on any atom is 0.116 e. The van der Waals surface area contributed by atoms with Crippen LogP contribution in [0, 0.1) is 5.41 Å². The van der Waals surface area contributed by atoms with Gasteiger partial charge in [0.15, 0.2) is 0 Å². The predicted molar refractivity (Wildman–Crippen MR) is 61.3 cm³/mol. The summed E-state index contributed by atoms with van der Waals surface area (Å²) in [4.78, 5) is 4.07. The minimum absolute atomic E-state index is 0.244. The summed E-state index contributed by atoms with van der Waals surface area (Å²) in [5.41, 5.74) is 13.0. The van der Waals surface area contributed by atoms with Gasteiger partial charge in [0.1, 0.15) is 5.82 Å². The van der Waals surface area contributed by atoms with E-state index in [4.69, 9.17) is 16.9 Å². The number of allylic oxidation sites excluding steroid dienone is 2. The van der Waals surface area contributed by atoms with E-state index in [2.05, 4.69) is 11.6 Å². The summed E-state index contributed by atoms with van der Waals surface area (Å²) in [7, 11) is 0. The van der Waals surface area contributed by atoms with Crippen LogP contribution in [0.3, 0.4) is 0 Å². The van der Waals surface area contributed by atoms with Crippen LogP contribution >= 0.6 is 0 Å². The Kier molecular flexibility index (Phi) is 5.29. The van der Waals surface area contributed by atoms with Gasteiger partial charge in [-0.1, -0.05) is 19.9 Å². The second-order valence-corrected chi connectivity index (χ2v) is 3.04. The van der Waals surface area contributed by atoms with Gasteiger partial charge in [-0.25, -0.2) is 4.99 Å². The smallest absolute Gasteiger partial charge is 0.116 e. The van der Waals surface area contributed by atoms with Gasteiger partial charge in [0.2, 0.25) is 0 Å². The largest absolute Gasteiger partial charge is 0.402 e. The topological polar surface area (TPSA) is 88.2 Å². The maximum absolute atomic E-state index is 7.23. The van der Waals surface area contributed by atoms with Gasteiger partial charge >= 0.3 is 0 Å². The molecule has 0 fully saturated rings. The molecule has 78 valence electrons. The molecule has 5 N–H and O–H groups in total. The Bertz CT molecular complexity index is 282. The Hall–Kier alpha value is -1.58. The molecule has 0 amide bonds. The van der Waals surface area contributed by atoms with Gasteiger partial charge < -0.3 is 16.9 Å². The molecule has 4 nitrogen and oxygen atoms in total. The van der Waals surface area contributed by atoms with Gasteiger partial charge in [-0.05, 0) is 13.3 Å². The normalized spacial score (nSPS) is 13.4. The first kappa shape index (κ1) is 12.4. The van der Waals surface area contributed by atoms with E-state index in [1.165, 1.54) is 6.21 Å². The number of hydrogen-bond acceptors (Lipinski definition) is 4. The summed E-state index contributed by atoms with van der Waals surface area (Å²) in [6.45, 7) is 7.28.